The van der Waals surface area contributed by atoms with Crippen molar-refractivity contribution in [3.05, 3.63) is 64.5 Å². The lowest BCUT2D eigenvalue weighted by atomic mass is 10.1. The minimum atomic E-state index is -4.67. The second kappa shape index (κ2) is 5.79. The van der Waals surface area contributed by atoms with Gasteiger partial charge in [-0.05, 0) is 36.4 Å². The molecule has 0 amide bonds. The Morgan fingerprint density at radius 2 is 1.64 bits per heavy atom. The zero-order valence-corrected chi connectivity index (χ0v) is 10.9. The maximum absolute atomic E-state index is 13.4. The number of halogens is 4. The molecule has 0 aliphatic heterocycles. The van der Waals surface area contributed by atoms with Gasteiger partial charge in [0.15, 0.2) is 0 Å². The van der Waals surface area contributed by atoms with Crippen LogP contribution >= 0.6 is 0 Å². The monoisotopic (exact) mass is 305 g/mol. The number of nitrogens with zero attached hydrogens (tertiary/aromatic N) is 1. The van der Waals surface area contributed by atoms with Crippen molar-refractivity contribution in [3.63, 3.8) is 0 Å². The summed E-state index contributed by atoms with van der Waals surface area (Å²) in [5.74, 6) is 3.38. The fourth-order valence-electron chi connectivity index (χ4n) is 1.70. The van der Waals surface area contributed by atoms with Gasteiger partial charge in [-0.3, -0.25) is 0 Å². The molecule has 2 rings (SSSR count). The molecule has 1 N–H and O–H groups in total. The topological polar surface area (TPSA) is 44.0 Å². The molecule has 0 radical (unpaired) electrons. The van der Waals surface area contributed by atoms with E-state index >= 15 is 0 Å². The van der Waals surface area contributed by atoms with Crippen molar-refractivity contribution in [2.24, 2.45) is 0 Å². The van der Waals surface area contributed by atoms with E-state index in [2.05, 4.69) is 11.8 Å². The third-order valence-corrected chi connectivity index (χ3v) is 2.74. The van der Waals surface area contributed by atoms with Gasteiger partial charge >= 0.3 is 6.18 Å². The van der Waals surface area contributed by atoms with Crippen molar-refractivity contribution in [2.75, 3.05) is 0 Å². The molecule has 0 spiro atoms. The number of phenols is 1. The van der Waals surface area contributed by atoms with E-state index in [1.807, 2.05) is 0 Å². The molecule has 0 saturated heterocycles. The van der Waals surface area contributed by atoms with Gasteiger partial charge in [-0.15, -0.1) is 0 Å². The van der Waals surface area contributed by atoms with Crippen molar-refractivity contribution in [3.8, 4) is 23.7 Å². The molecular weight excluding hydrogens is 298 g/mol. The van der Waals surface area contributed by atoms with Gasteiger partial charge in [-0.1, -0.05) is 11.8 Å². The van der Waals surface area contributed by atoms with Gasteiger partial charge in [-0.25, -0.2) is 4.39 Å². The van der Waals surface area contributed by atoms with Gasteiger partial charge < -0.3 is 5.11 Å². The smallest absolute Gasteiger partial charge is 0.417 e. The zero-order valence-electron chi connectivity index (χ0n) is 10.9. The summed E-state index contributed by atoms with van der Waals surface area (Å²) < 4.78 is 51.9. The predicted molar refractivity (Wildman–Crippen MR) is 70.2 cm³/mol. The van der Waals surface area contributed by atoms with Crippen LogP contribution in [0.3, 0.4) is 0 Å². The average molecular weight is 305 g/mol. The summed E-state index contributed by atoms with van der Waals surface area (Å²) in [7, 11) is 0. The first-order chi connectivity index (χ1) is 10.3. The van der Waals surface area contributed by atoms with Gasteiger partial charge in [0.2, 0.25) is 0 Å². The van der Waals surface area contributed by atoms with E-state index in [1.54, 1.807) is 6.07 Å². The van der Waals surface area contributed by atoms with Gasteiger partial charge in [0.25, 0.3) is 0 Å². The Bertz CT molecular complexity index is 823. The molecule has 0 saturated carbocycles. The average Bonchev–Trinajstić information content (AvgIpc) is 2.45. The molecule has 2 nitrogen and oxygen atoms in total. The molecule has 0 fully saturated rings. The highest BCUT2D eigenvalue weighted by atomic mass is 19.4. The van der Waals surface area contributed by atoms with E-state index in [9.17, 15) is 17.6 Å². The molecule has 0 aliphatic carbocycles. The van der Waals surface area contributed by atoms with E-state index in [4.69, 9.17) is 10.4 Å². The molecule has 0 aliphatic rings. The van der Waals surface area contributed by atoms with Crippen molar-refractivity contribution < 1.29 is 22.7 Å². The Morgan fingerprint density at radius 1 is 0.955 bits per heavy atom. The predicted octanol–water partition coefficient (Wildman–Crippen LogP) is 3.82. The van der Waals surface area contributed by atoms with Crippen LogP contribution in [0.15, 0.2) is 36.4 Å². The van der Waals surface area contributed by atoms with Gasteiger partial charge in [0, 0.05) is 11.1 Å². The molecule has 0 unspecified atom stereocenters. The lowest BCUT2D eigenvalue weighted by Gasteiger charge is -2.09. The van der Waals surface area contributed by atoms with Crippen molar-refractivity contribution in [1.82, 2.24) is 0 Å². The number of benzene rings is 2. The number of alkyl halides is 3. The number of nitriles is 1. The Kier molecular flexibility index (Phi) is 4.05. The molecule has 6 heteroatoms. The summed E-state index contributed by atoms with van der Waals surface area (Å²) in [6.45, 7) is 0. The SMILES string of the molecule is N#Cc1ccc(C#Cc2ccc(O)cc2C(F)(F)F)cc1F. The first kappa shape index (κ1) is 15.4. The second-order valence-electron chi connectivity index (χ2n) is 4.28. The van der Waals surface area contributed by atoms with E-state index in [1.165, 1.54) is 12.1 Å². The summed E-state index contributed by atoms with van der Waals surface area (Å²) in [5, 5.41) is 17.7. The molecule has 0 atom stereocenters. The number of aromatic hydroxyl groups is 1. The Balaban J connectivity index is 2.45. The molecule has 2 aromatic rings. The third-order valence-electron chi connectivity index (χ3n) is 2.74. The number of hydrogen-bond donors (Lipinski definition) is 1. The lowest BCUT2D eigenvalue weighted by Crippen LogP contribution is -2.07. The first-order valence-corrected chi connectivity index (χ1v) is 5.93. The Hall–Kier alpha value is -2.99. The van der Waals surface area contributed by atoms with Crippen LogP contribution < -0.4 is 0 Å². The maximum atomic E-state index is 13.4. The van der Waals surface area contributed by atoms with Crippen LogP contribution in [0.25, 0.3) is 0 Å². The number of phenolic OH excluding ortho intramolecular Hbond substituents is 1. The largest absolute Gasteiger partial charge is 0.508 e. The number of hydrogen-bond acceptors (Lipinski definition) is 2. The molecule has 0 aromatic heterocycles. The van der Waals surface area contributed by atoms with Crippen molar-refractivity contribution in [1.29, 1.82) is 5.26 Å². The fourth-order valence-corrected chi connectivity index (χ4v) is 1.70. The van der Waals surface area contributed by atoms with E-state index in [0.717, 1.165) is 18.2 Å². The second-order valence-corrected chi connectivity index (χ2v) is 4.28. The first-order valence-electron chi connectivity index (χ1n) is 5.93. The van der Waals surface area contributed by atoms with Crippen molar-refractivity contribution in [2.45, 2.75) is 6.18 Å². The van der Waals surface area contributed by atoms with Gasteiger partial charge in [0.1, 0.15) is 17.6 Å². The van der Waals surface area contributed by atoms with Gasteiger partial charge in [0.05, 0.1) is 11.1 Å². The van der Waals surface area contributed by atoms with Crippen LogP contribution in [0.1, 0.15) is 22.3 Å². The summed E-state index contributed by atoms with van der Waals surface area (Å²) in [6, 6.07) is 7.82. The summed E-state index contributed by atoms with van der Waals surface area (Å²) >= 11 is 0. The van der Waals surface area contributed by atoms with Crippen LogP contribution in [0.2, 0.25) is 0 Å². The quantitative estimate of drug-likeness (QED) is 0.594. The summed E-state index contributed by atoms with van der Waals surface area (Å²) in [5.41, 5.74) is -1.45. The molecule has 0 bridgehead atoms. The summed E-state index contributed by atoms with van der Waals surface area (Å²) in [4.78, 5) is 0. The van der Waals surface area contributed by atoms with E-state index in [0.29, 0.717) is 6.07 Å². The molecule has 110 valence electrons. The van der Waals surface area contributed by atoms with Crippen LogP contribution in [-0.2, 0) is 6.18 Å². The van der Waals surface area contributed by atoms with E-state index < -0.39 is 23.3 Å². The summed E-state index contributed by atoms with van der Waals surface area (Å²) in [6.07, 6.45) is -4.67. The number of rotatable bonds is 0. The molecular formula is C16H7F4NO. The van der Waals surface area contributed by atoms with Gasteiger partial charge in [-0.2, -0.15) is 18.4 Å². The minimum Gasteiger partial charge on any atom is -0.508 e. The highest BCUT2D eigenvalue weighted by molar-refractivity contribution is 5.50. The maximum Gasteiger partial charge on any atom is 0.417 e. The Morgan fingerprint density at radius 3 is 2.23 bits per heavy atom. The molecule has 2 aromatic carbocycles. The lowest BCUT2D eigenvalue weighted by molar-refractivity contribution is -0.137. The normalized spacial score (nSPS) is 10.5. The van der Waals surface area contributed by atoms with Crippen LogP contribution in [-0.4, -0.2) is 5.11 Å². The Labute approximate surface area is 123 Å². The third kappa shape index (κ3) is 3.36. The highest BCUT2D eigenvalue weighted by Gasteiger charge is 2.33. The molecule has 0 heterocycles. The van der Waals surface area contributed by atoms with Crippen LogP contribution in [0.4, 0.5) is 17.6 Å². The highest BCUT2D eigenvalue weighted by Crippen LogP contribution is 2.33. The van der Waals surface area contributed by atoms with Crippen LogP contribution in [0, 0.1) is 29.0 Å². The van der Waals surface area contributed by atoms with Crippen LogP contribution in [0.5, 0.6) is 5.75 Å². The fraction of sp³-hybridized carbons (Fsp3) is 0.0625. The van der Waals surface area contributed by atoms with E-state index in [-0.39, 0.29) is 16.7 Å². The minimum absolute atomic E-state index is 0.137. The zero-order chi connectivity index (χ0) is 16.3. The standard InChI is InChI=1S/C16H7F4NO/c17-15-7-10(2-4-12(15)9-21)1-3-11-5-6-13(22)8-14(11)16(18,19)20/h2,4-8,22H. The molecule has 22 heavy (non-hydrogen) atoms. The van der Waals surface area contributed by atoms with Crippen molar-refractivity contribution >= 4 is 0 Å².